The van der Waals surface area contributed by atoms with Crippen LogP contribution >= 0.6 is 22.9 Å². The fourth-order valence-electron chi connectivity index (χ4n) is 3.65. The van der Waals surface area contributed by atoms with Crippen LogP contribution < -0.4 is 4.74 Å². The minimum atomic E-state index is 0.0131. The summed E-state index contributed by atoms with van der Waals surface area (Å²) >= 11 is 7.33. The molecule has 1 aliphatic heterocycles. The fraction of sp³-hybridized carbons (Fsp3) is 0.474. The lowest BCUT2D eigenvalue weighted by atomic mass is 9.90. The molecule has 1 saturated heterocycles. The third-order valence-electron chi connectivity index (χ3n) is 4.94. The maximum atomic E-state index is 12.9. The first-order chi connectivity index (χ1) is 12.7. The van der Waals surface area contributed by atoms with Crippen LogP contribution in [0.25, 0.3) is 0 Å². The van der Waals surface area contributed by atoms with Gasteiger partial charge in [0.1, 0.15) is 23.1 Å². The van der Waals surface area contributed by atoms with Crippen molar-refractivity contribution in [2.45, 2.75) is 44.4 Å². The number of rotatable bonds is 4. The molecular formula is C19H21ClN2O3S. The molecule has 1 amide bonds. The summed E-state index contributed by atoms with van der Waals surface area (Å²) in [5, 5.41) is 3.29. The Morgan fingerprint density at radius 1 is 1.31 bits per heavy atom. The molecule has 4 rings (SSSR count). The van der Waals surface area contributed by atoms with Crippen molar-refractivity contribution >= 4 is 28.8 Å². The first-order valence-corrected chi connectivity index (χ1v) is 10.2. The van der Waals surface area contributed by atoms with Crippen molar-refractivity contribution in [1.29, 1.82) is 0 Å². The van der Waals surface area contributed by atoms with Gasteiger partial charge in [0.25, 0.3) is 5.91 Å². The summed E-state index contributed by atoms with van der Waals surface area (Å²) in [5.41, 5.74) is 0.510. The standard InChI is InChI=1S/C19H21ClN2O3S/c20-13-5-7-14(8-6-13)25-11-18-21-15(12-26-18)19(23)22-9-10-24-17-4-2-1-3-16(17)22/h5-8,12,16-17H,1-4,9-11H2. The van der Waals surface area contributed by atoms with Crippen molar-refractivity contribution in [2.75, 3.05) is 13.2 Å². The van der Waals surface area contributed by atoms with Gasteiger partial charge in [0.05, 0.1) is 18.8 Å². The van der Waals surface area contributed by atoms with E-state index in [2.05, 4.69) is 4.98 Å². The van der Waals surface area contributed by atoms with E-state index in [4.69, 9.17) is 21.1 Å². The number of nitrogens with zero attached hydrogens (tertiary/aromatic N) is 2. The summed E-state index contributed by atoms with van der Waals surface area (Å²) in [6, 6.07) is 7.40. The lowest BCUT2D eigenvalue weighted by Crippen LogP contribution is -2.54. The van der Waals surface area contributed by atoms with Gasteiger partial charge >= 0.3 is 0 Å². The Morgan fingerprint density at radius 3 is 2.96 bits per heavy atom. The molecule has 138 valence electrons. The molecule has 2 aromatic rings. The van der Waals surface area contributed by atoms with E-state index in [1.807, 2.05) is 22.4 Å². The van der Waals surface area contributed by atoms with E-state index in [0.717, 1.165) is 30.0 Å². The SMILES string of the molecule is O=C(c1csc(COc2ccc(Cl)cc2)n1)N1CCOC2CCCCC21. The van der Waals surface area contributed by atoms with Gasteiger partial charge in [-0.3, -0.25) is 4.79 Å². The Labute approximate surface area is 161 Å². The number of hydrogen-bond donors (Lipinski definition) is 0. The van der Waals surface area contributed by atoms with Gasteiger partial charge in [-0.1, -0.05) is 24.4 Å². The van der Waals surface area contributed by atoms with Gasteiger partial charge in [0.2, 0.25) is 0 Å². The number of halogens is 1. The van der Waals surface area contributed by atoms with Crippen molar-refractivity contribution in [2.24, 2.45) is 0 Å². The molecule has 0 N–H and O–H groups in total. The number of thiazole rings is 1. The Balaban J connectivity index is 1.40. The van der Waals surface area contributed by atoms with Crippen molar-refractivity contribution < 1.29 is 14.3 Å². The van der Waals surface area contributed by atoms with Gasteiger partial charge in [-0.15, -0.1) is 11.3 Å². The normalized spacial score (nSPS) is 22.7. The Kier molecular flexibility index (Phi) is 5.43. The summed E-state index contributed by atoms with van der Waals surface area (Å²) in [6.07, 6.45) is 4.60. The third kappa shape index (κ3) is 3.87. The van der Waals surface area contributed by atoms with Crippen LogP contribution in [0.1, 0.15) is 41.2 Å². The lowest BCUT2D eigenvalue weighted by Gasteiger charge is -2.43. The zero-order valence-corrected chi connectivity index (χ0v) is 16.0. The molecular weight excluding hydrogens is 372 g/mol. The van der Waals surface area contributed by atoms with Crippen molar-refractivity contribution in [3.05, 3.63) is 45.4 Å². The van der Waals surface area contributed by atoms with Gasteiger partial charge in [0.15, 0.2) is 0 Å². The first-order valence-electron chi connectivity index (χ1n) is 8.96. The summed E-state index contributed by atoms with van der Waals surface area (Å²) in [5.74, 6) is 0.745. The predicted molar refractivity (Wildman–Crippen MR) is 101 cm³/mol. The van der Waals surface area contributed by atoms with E-state index < -0.39 is 0 Å². The molecule has 1 saturated carbocycles. The molecule has 1 aliphatic carbocycles. The van der Waals surface area contributed by atoms with Gasteiger partial charge in [-0.2, -0.15) is 0 Å². The quantitative estimate of drug-likeness (QED) is 0.784. The largest absolute Gasteiger partial charge is 0.486 e. The number of fused-ring (bicyclic) bond motifs is 1. The second-order valence-electron chi connectivity index (χ2n) is 6.63. The Morgan fingerprint density at radius 2 is 2.12 bits per heavy atom. The van der Waals surface area contributed by atoms with E-state index in [1.165, 1.54) is 17.8 Å². The smallest absolute Gasteiger partial charge is 0.273 e. The molecule has 2 fully saturated rings. The molecule has 0 spiro atoms. The number of aromatic nitrogens is 1. The third-order valence-corrected chi connectivity index (χ3v) is 6.01. The average Bonchev–Trinajstić information content (AvgIpc) is 3.15. The summed E-state index contributed by atoms with van der Waals surface area (Å²) in [7, 11) is 0. The number of hydrogen-bond acceptors (Lipinski definition) is 5. The van der Waals surface area contributed by atoms with Crippen LogP contribution in [0.2, 0.25) is 5.02 Å². The monoisotopic (exact) mass is 392 g/mol. The van der Waals surface area contributed by atoms with Crippen LogP contribution in [0, 0.1) is 0 Å². The molecule has 7 heteroatoms. The van der Waals surface area contributed by atoms with Crippen LogP contribution in [0.3, 0.4) is 0 Å². The predicted octanol–water partition coefficient (Wildman–Crippen LogP) is 4.16. The Bertz CT molecular complexity index is 762. The molecule has 1 aromatic heterocycles. The number of carbonyl (C=O) groups is 1. The molecule has 26 heavy (non-hydrogen) atoms. The topological polar surface area (TPSA) is 51.7 Å². The highest BCUT2D eigenvalue weighted by Gasteiger charge is 2.37. The number of ether oxygens (including phenoxy) is 2. The summed E-state index contributed by atoms with van der Waals surface area (Å²) in [6.45, 7) is 1.60. The lowest BCUT2D eigenvalue weighted by molar-refractivity contribution is -0.0754. The van der Waals surface area contributed by atoms with Gasteiger partial charge in [0, 0.05) is 16.9 Å². The van der Waals surface area contributed by atoms with Gasteiger partial charge in [-0.25, -0.2) is 4.98 Å². The highest BCUT2D eigenvalue weighted by atomic mass is 35.5. The van der Waals surface area contributed by atoms with Crippen LogP contribution in [-0.4, -0.2) is 41.1 Å². The number of carbonyl (C=O) groups excluding carboxylic acids is 1. The van der Waals surface area contributed by atoms with E-state index in [0.29, 0.717) is 30.5 Å². The fourth-order valence-corrected chi connectivity index (χ4v) is 4.45. The number of amides is 1. The van der Waals surface area contributed by atoms with Crippen LogP contribution in [0.15, 0.2) is 29.6 Å². The van der Waals surface area contributed by atoms with E-state index >= 15 is 0 Å². The van der Waals surface area contributed by atoms with Crippen LogP contribution in [0.4, 0.5) is 0 Å². The Hall–Kier alpha value is -1.63. The zero-order valence-electron chi connectivity index (χ0n) is 14.4. The molecule has 0 bridgehead atoms. The van der Waals surface area contributed by atoms with Crippen molar-refractivity contribution in [1.82, 2.24) is 9.88 Å². The maximum Gasteiger partial charge on any atom is 0.273 e. The van der Waals surface area contributed by atoms with Crippen LogP contribution in [0.5, 0.6) is 5.75 Å². The van der Waals surface area contributed by atoms with Crippen molar-refractivity contribution in [3.63, 3.8) is 0 Å². The highest BCUT2D eigenvalue weighted by Crippen LogP contribution is 2.29. The van der Waals surface area contributed by atoms with Gasteiger partial charge in [-0.05, 0) is 37.1 Å². The summed E-state index contributed by atoms with van der Waals surface area (Å²) < 4.78 is 11.6. The molecule has 2 heterocycles. The summed E-state index contributed by atoms with van der Waals surface area (Å²) in [4.78, 5) is 19.4. The highest BCUT2D eigenvalue weighted by molar-refractivity contribution is 7.09. The molecule has 2 aliphatic rings. The van der Waals surface area contributed by atoms with E-state index in [-0.39, 0.29) is 18.1 Å². The minimum Gasteiger partial charge on any atom is -0.486 e. The second-order valence-corrected chi connectivity index (χ2v) is 8.01. The van der Waals surface area contributed by atoms with Gasteiger partial charge < -0.3 is 14.4 Å². The zero-order chi connectivity index (χ0) is 17.9. The second kappa shape index (κ2) is 7.94. The molecule has 2 atom stereocenters. The average molecular weight is 393 g/mol. The first kappa shape index (κ1) is 17.8. The van der Waals surface area contributed by atoms with E-state index in [9.17, 15) is 4.79 Å². The number of morpholine rings is 1. The minimum absolute atomic E-state index is 0.0131. The van der Waals surface area contributed by atoms with Crippen molar-refractivity contribution in [3.8, 4) is 5.75 Å². The van der Waals surface area contributed by atoms with Crippen LogP contribution in [-0.2, 0) is 11.3 Å². The maximum absolute atomic E-state index is 12.9. The molecule has 1 aromatic carbocycles. The molecule has 0 radical (unpaired) electrons. The number of benzene rings is 1. The molecule has 5 nitrogen and oxygen atoms in total. The van der Waals surface area contributed by atoms with E-state index in [1.54, 1.807) is 12.1 Å². The molecule has 2 unspecified atom stereocenters.